The largest absolute Gasteiger partial charge is 0.341 e. The highest BCUT2D eigenvalue weighted by Gasteiger charge is 2.38. The highest BCUT2D eigenvalue weighted by atomic mass is 32.2. The Morgan fingerprint density at radius 2 is 1.84 bits per heavy atom. The van der Waals surface area contributed by atoms with Gasteiger partial charge in [-0.1, -0.05) is 48.5 Å². The number of fused-ring (bicyclic) bond motifs is 1. The zero-order valence-electron chi connectivity index (χ0n) is 20.7. The maximum atomic E-state index is 13.7. The molecule has 0 aliphatic carbocycles. The summed E-state index contributed by atoms with van der Waals surface area (Å²) < 4.78 is 1.88. The number of hydrogen-bond donors (Lipinski definition) is 0. The lowest BCUT2D eigenvalue weighted by atomic mass is 10.0. The summed E-state index contributed by atoms with van der Waals surface area (Å²) in [5.74, 6) is 0.929. The molecule has 0 bridgehead atoms. The zero-order chi connectivity index (χ0) is 25.4. The van der Waals surface area contributed by atoms with Crippen molar-refractivity contribution in [1.82, 2.24) is 14.7 Å². The van der Waals surface area contributed by atoms with Crippen LogP contribution in [-0.4, -0.2) is 51.9 Å². The molecule has 4 aromatic rings. The smallest absolute Gasteiger partial charge is 0.242 e. The minimum Gasteiger partial charge on any atom is -0.341 e. The molecule has 0 spiro atoms. The Balaban J connectivity index is 1.60. The van der Waals surface area contributed by atoms with Gasteiger partial charge in [-0.15, -0.1) is 23.1 Å². The SMILES string of the molecule is Cc1cccc(-n2nc(-c3ccccc3)c3c2N(CC(=O)N2CCCC2)C(=O)CSC3c2cccs2)c1. The predicted molar refractivity (Wildman–Crippen MR) is 151 cm³/mol. The standard InChI is InChI=1S/C29H28N4O2S2/c1-20-9-7-12-22(17-20)33-29-26(27(30-33)21-10-3-2-4-11-21)28(23-13-8-16-36-23)37-19-25(35)32(29)18-24(34)31-14-5-6-15-31/h2-4,7-13,16-17,28H,5-6,14-15,18-19H2,1H3. The molecule has 37 heavy (non-hydrogen) atoms. The fourth-order valence-electron chi connectivity index (χ4n) is 5.14. The van der Waals surface area contributed by atoms with E-state index in [1.165, 1.54) is 4.88 Å². The van der Waals surface area contributed by atoms with Crippen LogP contribution in [0, 0.1) is 6.92 Å². The maximum Gasteiger partial charge on any atom is 0.242 e. The van der Waals surface area contributed by atoms with E-state index in [1.807, 2.05) is 52.9 Å². The number of anilines is 1. The van der Waals surface area contributed by atoms with Crippen LogP contribution in [0.1, 0.15) is 34.1 Å². The number of benzene rings is 2. The number of carbonyl (C=O) groups excluding carboxylic acids is 2. The van der Waals surface area contributed by atoms with Crippen LogP contribution in [0.3, 0.4) is 0 Å². The van der Waals surface area contributed by atoms with Gasteiger partial charge in [0.05, 0.1) is 22.4 Å². The van der Waals surface area contributed by atoms with Gasteiger partial charge < -0.3 is 4.90 Å². The molecule has 6 nitrogen and oxygen atoms in total. The fourth-order valence-corrected chi connectivity index (χ4v) is 7.31. The van der Waals surface area contributed by atoms with E-state index < -0.39 is 0 Å². The summed E-state index contributed by atoms with van der Waals surface area (Å²) in [5, 5.41) is 7.16. The monoisotopic (exact) mass is 528 g/mol. The summed E-state index contributed by atoms with van der Waals surface area (Å²) >= 11 is 3.30. The van der Waals surface area contributed by atoms with E-state index in [0.29, 0.717) is 11.6 Å². The number of thioether (sulfide) groups is 1. The van der Waals surface area contributed by atoms with Gasteiger partial charge >= 0.3 is 0 Å². The van der Waals surface area contributed by atoms with Gasteiger partial charge in [0.1, 0.15) is 12.4 Å². The molecule has 1 atom stereocenters. The van der Waals surface area contributed by atoms with Crippen LogP contribution in [0.5, 0.6) is 0 Å². The predicted octanol–water partition coefficient (Wildman–Crippen LogP) is 5.70. The number of carbonyl (C=O) groups is 2. The van der Waals surface area contributed by atoms with Crippen LogP contribution in [0.2, 0.25) is 0 Å². The van der Waals surface area contributed by atoms with Gasteiger partial charge in [-0.05, 0) is 48.9 Å². The Hall–Kier alpha value is -3.36. The summed E-state index contributed by atoms with van der Waals surface area (Å²) in [5.41, 5.74) is 4.80. The van der Waals surface area contributed by atoms with Crippen LogP contribution in [0.15, 0.2) is 72.1 Å². The quantitative estimate of drug-likeness (QED) is 0.333. The second-order valence-electron chi connectivity index (χ2n) is 9.48. The van der Waals surface area contributed by atoms with Gasteiger partial charge in [-0.2, -0.15) is 5.10 Å². The average Bonchev–Trinajstić information content (AvgIpc) is 3.69. The van der Waals surface area contributed by atoms with Crippen molar-refractivity contribution in [2.45, 2.75) is 25.0 Å². The first-order chi connectivity index (χ1) is 18.1. The summed E-state index contributed by atoms with van der Waals surface area (Å²) in [4.78, 5) is 31.9. The number of nitrogens with zero attached hydrogens (tertiary/aromatic N) is 4. The van der Waals surface area contributed by atoms with E-state index in [9.17, 15) is 9.59 Å². The number of aromatic nitrogens is 2. The Morgan fingerprint density at radius 1 is 1.03 bits per heavy atom. The van der Waals surface area contributed by atoms with E-state index in [1.54, 1.807) is 28.0 Å². The second-order valence-corrected chi connectivity index (χ2v) is 11.5. The number of aryl methyl sites for hydroxylation is 1. The molecule has 1 unspecified atom stereocenters. The molecule has 0 radical (unpaired) electrons. The molecule has 2 aromatic carbocycles. The van der Waals surface area contributed by atoms with Crippen molar-refractivity contribution in [3.63, 3.8) is 0 Å². The number of amides is 2. The van der Waals surface area contributed by atoms with Gasteiger partial charge in [0, 0.05) is 29.1 Å². The summed E-state index contributed by atoms with van der Waals surface area (Å²) in [6.45, 7) is 3.59. The summed E-state index contributed by atoms with van der Waals surface area (Å²) in [6, 6.07) is 22.5. The van der Waals surface area contributed by atoms with Gasteiger partial charge in [0.15, 0.2) is 0 Å². The van der Waals surface area contributed by atoms with Crippen molar-refractivity contribution < 1.29 is 9.59 Å². The molecule has 2 amide bonds. The Bertz CT molecular complexity index is 1430. The summed E-state index contributed by atoms with van der Waals surface area (Å²) in [7, 11) is 0. The van der Waals surface area contributed by atoms with E-state index >= 15 is 0 Å². The first-order valence-electron chi connectivity index (χ1n) is 12.6. The van der Waals surface area contributed by atoms with Crippen LogP contribution in [-0.2, 0) is 9.59 Å². The third kappa shape index (κ3) is 4.60. The van der Waals surface area contributed by atoms with Gasteiger partial charge in [0.2, 0.25) is 11.8 Å². The molecule has 4 heterocycles. The molecular formula is C29H28N4O2S2. The first-order valence-corrected chi connectivity index (χ1v) is 14.5. The van der Waals surface area contributed by atoms with Crippen LogP contribution in [0.25, 0.3) is 16.9 Å². The number of hydrogen-bond acceptors (Lipinski definition) is 5. The average molecular weight is 529 g/mol. The van der Waals surface area contributed by atoms with Gasteiger partial charge in [-0.25, -0.2) is 4.68 Å². The van der Waals surface area contributed by atoms with E-state index in [4.69, 9.17) is 5.10 Å². The Morgan fingerprint density at radius 3 is 2.57 bits per heavy atom. The van der Waals surface area contributed by atoms with Crippen molar-refractivity contribution >= 4 is 40.7 Å². The molecule has 1 fully saturated rings. The lowest BCUT2D eigenvalue weighted by Gasteiger charge is -2.25. The van der Waals surface area contributed by atoms with E-state index in [-0.39, 0.29) is 23.6 Å². The van der Waals surface area contributed by atoms with Crippen molar-refractivity contribution in [2.75, 3.05) is 30.3 Å². The second kappa shape index (κ2) is 10.2. The molecule has 0 N–H and O–H groups in total. The van der Waals surface area contributed by atoms with E-state index in [2.05, 4.69) is 35.7 Å². The van der Waals surface area contributed by atoms with Crippen LogP contribution >= 0.6 is 23.1 Å². The van der Waals surface area contributed by atoms with Crippen LogP contribution in [0.4, 0.5) is 5.82 Å². The third-order valence-corrected chi connectivity index (χ3v) is 9.26. The molecule has 1 saturated heterocycles. The van der Waals surface area contributed by atoms with E-state index in [0.717, 1.165) is 54.0 Å². The number of thiophene rings is 1. The van der Waals surface area contributed by atoms with Crippen molar-refractivity contribution in [3.8, 4) is 16.9 Å². The maximum absolute atomic E-state index is 13.7. The minimum absolute atomic E-state index is 0.00498. The molecule has 2 aliphatic rings. The Kier molecular flexibility index (Phi) is 6.61. The van der Waals surface area contributed by atoms with Crippen LogP contribution < -0.4 is 4.90 Å². The van der Waals surface area contributed by atoms with Gasteiger partial charge in [-0.3, -0.25) is 14.5 Å². The molecular weight excluding hydrogens is 500 g/mol. The lowest BCUT2D eigenvalue weighted by Crippen LogP contribution is -2.43. The Labute approximate surface area is 224 Å². The topological polar surface area (TPSA) is 58.4 Å². The summed E-state index contributed by atoms with van der Waals surface area (Å²) in [6.07, 6.45) is 2.03. The van der Waals surface area contributed by atoms with Crippen molar-refractivity contribution in [1.29, 1.82) is 0 Å². The lowest BCUT2D eigenvalue weighted by molar-refractivity contribution is -0.130. The molecule has 8 heteroatoms. The normalized spacial score (nSPS) is 17.6. The molecule has 6 rings (SSSR count). The number of rotatable bonds is 5. The molecule has 2 aliphatic heterocycles. The fraction of sp³-hybridized carbons (Fsp3) is 0.276. The third-order valence-electron chi connectivity index (χ3n) is 6.94. The van der Waals surface area contributed by atoms with Crippen molar-refractivity contribution in [3.05, 3.63) is 88.1 Å². The molecule has 2 aromatic heterocycles. The zero-order valence-corrected chi connectivity index (χ0v) is 22.3. The highest BCUT2D eigenvalue weighted by Crippen LogP contribution is 2.49. The molecule has 0 saturated carbocycles. The number of likely N-dealkylation sites (tertiary alicyclic amines) is 1. The van der Waals surface area contributed by atoms with Crippen molar-refractivity contribution in [2.24, 2.45) is 0 Å². The first kappa shape index (κ1) is 24.0. The minimum atomic E-state index is -0.0698. The van der Waals surface area contributed by atoms with Gasteiger partial charge in [0.25, 0.3) is 0 Å². The molecule has 188 valence electrons. The highest BCUT2D eigenvalue weighted by molar-refractivity contribution is 8.00.